The van der Waals surface area contributed by atoms with Crippen LogP contribution in [-0.2, 0) is 9.47 Å². The molecule has 0 heterocycles. The highest BCUT2D eigenvalue weighted by atomic mass is 16.5. The summed E-state index contributed by atoms with van der Waals surface area (Å²) in [4.78, 5) is 0. The Morgan fingerprint density at radius 2 is 2.00 bits per heavy atom. The molecule has 1 fully saturated rings. The van der Waals surface area contributed by atoms with Gasteiger partial charge in [0.05, 0.1) is 13.2 Å². The van der Waals surface area contributed by atoms with Gasteiger partial charge in [-0.3, -0.25) is 0 Å². The number of ether oxygens (including phenoxy) is 2. The van der Waals surface area contributed by atoms with Crippen molar-refractivity contribution in [2.45, 2.75) is 38.6 Å². The van der Waals surface area contributed by atoms with Crippen LogP contribution in [0, 0.1) is 11.8 Å². The van der Waals surface area contributed by atoms with E-state index in [4.69, 9.17) is 9.47 Å². The van der Waals surface area contributed by atoms with E-state index in [-0.39, 0.29) is 0 Å². The van der Waals surface area contributed by atoms with Gasteiger partial charge in [-0.05, 0) is 44.6 Å². The molecule has 1 rings (SSSR count). The monoisotopic (exact) mass is 229 g/mol. The zero-order chi connectivity index (χ0) is 11.8. The van der Waals surface area contributed by atoms with Gasteiger partial charge in [0.2, 0.25) is 0 Å². The molecular weight excluding hydrogens is 202 g/mol. The summed E-state index contributed by atoms with van der Waals surface area (Å²) in [6.07, 6.45) is 5.22. The van der Waals surface area contributed by atoms with Crippen LogP contribution >= 0.6 is 0 Å². The highest BCUT2D eigenvalue weighted by Gasteiger charge is 2.30. The molecule has 0 amide bonds. The SMILES string of the molecule is CNC1CCC(CCCOCCOC)C1C. The Kier molecular flexibility index (Phi) is 7.01. The van der Waals surface area contributed by atoms with Crippen LogP contribution in [0.15, 0.2) is 0 Å². The third kappa shape index (κ3) is 4.40. The van der Waals surface area contributed by atoms with Gasteiger partial charge in [0.1, 0.15) is 0 Å². The molecule has 3 nitrogen and oxygen atoms in total. The Morgan fingerprint density at radius 3 is 2.62 bits per heavy atom. The lowest BCUT2D eigenvalue weighted by Crippen LogP contribution is -2.29. The van der Waals surface area contributed by atoms with Gasteiger partial charge in [0.25, 0.3) is 0 Å². The van der Waals surface area contributed by atoms with E-state index in [2.05, 4.69) is 19.3 Å². The Bertz CT molecular complexity index is 175. The van der Waals surface area contributed by atoms with Crippen molar-refractivity contribution in [3.63, 3.8) is 0 Å². The normalized spacial score (nSPS) is 29.8. The van der Waals surface area contributed by atoms with Crippen molar-refractivity contribution in [2.24, 2.45) is 11.8 Å². The van der Waals surface area contributed by atoms with Crippen molar-refractivity contribution in [1.82, 2.24) is 5.32 Å². The van der Waals surface area contributed by atoms with Gasteiger partial charge in [0.15, 0.2) is 0 Å². The van der Waals surface area contributed by atoms with Gasteiger partial charge in [-0.25, -0.2) is 0 Å². The van der Waals surface area contributed by atoms with Crippen LogP contribution in [0.5, 0.6) is 0 Å². The smallest absolute Gasteiger partial charge is 0.0700 e. The van der Waals surface area contributed by atoms with Crippen molar-refractivity contribution in [3.05, 3.63) is 0 Å². The summed E-state index contributed by atoms with van der Waals surface area (Å²) in [5, 5.41) is 3.41. The fraction of sp³-hybridized carbons (Fsp3) is 1.00. The van der Waals surface area contributed by atoms with E-state index in [0.29, 0.717) is 6.61 Å². The summed E-state index contributed by atoms with van der Waals surface area (Å²) in [6, 6.07) is 0.736. The second kappa shape index (κ2) is 8.04. The third-order valence-corrected chi connectivity index (χ3v) is 3.89. The Balaban J connectivity index is 2.01. The largest absolute Gasteiger partial charge is 0.382 e. The Hall–Kier alpha value is -0.120. The Morgan fingerprint density at radius 1 is 1.19 bits per heavy atom. The van der Waals surface area contributed by atoms with Crippen molar-refractivity contribution >= 4 is 0 Å². The fourth-order valence-electron chi connectivity index (χ4n) is 2.75. The lowest BCUT2D eigenvalue weighted by atomic mass is 9.92. The summed E-state index contributed by atoms with van der Waals surface area (Å²) in [5.74, 6) is 1.72. The molecule has 0 aliphatic heterocycles. The predicted molar refractivity (Wildman–Crippen MR) is 66.7 cm³/mol. The lowest BCUT2D eigenvalue weighted by Gasteiger charge is -2.20. The molecule has 3 heteroatoms. The van der Waals surface area contributed by atoms with Crippen LogP contribution in [-0.4, -0.2) is 40.0 Å². The summed E-state index contributed by atoms with van der Waals surface area (Å²) < 4.78 is 10.4. The first-order chi connectivity index (χ1) is 7.79. The van der Waals surface area contributed by atoms with Crippen LogP contribution in [0.2, 0.25) is 0 Å². The summed E-state index contributed by atoms with van der Waals surface area (Å²) in [5.41, 5.74) is 0. The van der Waals surface area contributed by atoms with Gasteiger partial charge < -0.3 is 14.8 Å². The lowest BCUT2D eigenvalue weighted by molar-refractivity contribution is 0.0665. The molecule has 0 spiro atoms. The number of methoxy groups -OCH3 is 1. The molecule has 3 unspecified atom stereocenters. The number of nitrogens with one attached hydrogen (secondary N) is 1. The van der Waals surface area contributed by atoms with Crippen LogP contribution in [0.4, 0.5) is 0 Å². The predicted octanol–water partition coefficient (Wildman–Crippen LogP) is 2.06. The first-order valence-electron chi connectivity index (χ1n) is 6.53. The van der Waals surface area contributed by atoms with Gasteiger partial charge >= 0.3 is 0 Å². The molecule has 1 aliphatic rings. The first-order valence-corrected chi connectivity index (χ1v) is 6.53. The molecular formula is C13H27NO2. The molecule has 0 aromatic heterocycles. The minimum Gasteiger partial charge on any atom is -0.382 e. The topological polar surface area (TPSA) is 30.5 Å². The molecule has 0 aromatic carbocycles. The van der Waals surface area contributed by atoms with Gasteiger partial charge in [0, 0.05) is 19.8 Å². The number of hydrogen-bond acceptors (Lipinski definition) is 3. The molecule has 0 radical (unpaired) electrons. The van der Waals surface area contributed by atoms with Crippen LogP contribution in [0.1, 0.15) is 32.6 Å². The van der Waals surface area contributed by atoms with Crippen LogP contribution < -0.4 is 5.32 Å². The second-order valence-corrected chi connectivity index (χ2v) is 4.84. The zero-order valence-corrected chi connectivity index (χ0v) is 11.0. The molecule has 96 valence electrons. The molecule has 3 atom stereocenters. The molecule has 0 aromatic rings. The van der Waals surface area contributed by atoms with Gasteiger partial charge in [-0.2, -0.15) is 0 Å². The maximum atomic E-state index is 5.48. The van der Waals surface area contributed by atoms with E-state index >= 15 is 0 Å². The van der Waals surface area contributed by atoms with Crippen molar-refractivity contribution < 1.29 is 9.47 Å². The molecule has 1 saturated carbocycles. The quantitative estimate of drug-likeness (QED) is 0.646. The number of rotatable bonds is 8. The van der Waals surface area contributed by atoms with E-state index in [9.17, 15) is 0 Å². The fourth-order valence-corrected chi connectivity index (χ4v) is 2.75. The standard InChI is InChI=1S/C13H27NO2/c1-11-12(6-7-13(11)14-2)5-4-8-16-10-9-15-3/h11-14H,4-10H2,1-3H3. The summed E-state index contributed by atoms with van der Waals surface area (Å²) in [6.45, 7) is 4.71. The highest BCUT2D eigenvalue weighted by molar-refractivity contribution is 4.85. The maximum absolute atomic E-state index is 5.48. The average molecular weight is 229 g/mol. The van der Waals surface area contributed by atoms with Crippen LogP contribution in [0.25, 0.3) is 0 Å². The van der Waals surface area contributed by atoms with E-state index < -0.39 is 0 Å². The van der Waals surface area contributed by atoms with Crippen LogP contribution in [0.3, 0.4) is 0 Å². The van der Waals surface area contributed by atoms with E-state index in [1.54, 1.807) is 7.11 Å². The first kappa shape index (κ1) is 13.9. The summed E-state index contributed by atoms with van der Waals surface area (Å²) in [7, 11) is 3.79. The molecule has 1 aliphatic carbocycles. The highest BCUT2D eigenvalue weighted by Crippen LogP contribution is 2.34. The minimum absolute atomic E-state index is 0.710. The molecule has 0 saturated heterocycles. The second-order valence-electron chi connectivity index (χ2n) is 4.84. The van der Waals surface area contributed by atoms with E-state index in [1.807, 2.05) is 0 Å². The Labute approximate surface area is 99.9 Å². The molecule has 16 heavy (non-hydrogen) atoms. The average Bonchev–Trinajstić information content (AvgIpc) is 2.65. The molecule has 0 bridgehead atoms. The van der Waals surface area contributed by atoms with Gasteiger partial charge in [-0.1, -0.05) is 6.92 Å². The summed E-state index contributed by atoms with van der Waals surface area (Å²) >= 11 is 0. The number of hydrogen-bond donors (Lipinski definition) is 1. The van der Waals surface area contributed by atoms with Gasteiger partial charge in [-0.15, -0.1) is 0 Å². The van der Waals surface area contributed by atoms with Crippen molar-refractivity contribution in [3.8, 4) is 0 Å². The third-order valence-electron chi connectivity index (χ3n) is 3.89. The van der Waals surface area contributed by atoms with Crippen molar-refractivity contribution in [1.29, 1.82) is 0 Å². The maximum Gasteiger partial charge on any atom is 0.0700 e. The van der Waals surface area contributed by atoms with E-state index in [1.165, 1.54) is 25.7 Å². The molecule has 1 N–H and O–H groups in total. The van der Waals surface area contributed by atoms with E-state index in [0.717, 1.165) is 31.1 Å². The zero-order valence-electron chi connectivity index (χ0n) is 11.0. The van der Waals surface area contributed by atoms with Crippen molar-refractivity contribution in [2.75, 3.05) is 34.0 Å². The minimum atomic E-state index is 0.710.